The Bertz CT molecular complexity index is 1190. The monoisotopic (exact) mass is 516 g/mol. The summed E-state index contributed by atoms with van der Waals surface area (Å²) in [4.78, 5) is 34.0. The molecular weight excluding hydrogens is 484 g/mol. The van der Waals surface area contributed by atoms with Crippen molar-refractivity contribution in [1.29, 1.82) is 0 Å². The number of piperazine rings is 1. The summed E-state index contributed by atoms with van der Waals surface area (Å²) in [7, 11) is 1.58. The Hall–Kier alpha value is -4.37. The van der Waals surface area contributed by atoms with Gasteiger partial charge in [-0.3, -0.25) is 15.1 Å². The number of amides is 2. The number of hydrogen-bond donors (Lipinski definition) is 1. The van der Waals surface area contributed by atoms with Gasteiger partial charge in [-0.05, 0) is 35.4 Å². The van der Waals surface area contributed by atoms with Gasteiger partial charge in [0.2, 0.25) is 0 Å². The molecule has 4 rings (SSSR count). The van der Waals surface area contributed by atoms with Crippen molar-refractivity contribution in [2.24, 2.45) is 5.16 Å². The fraction of sp³-hybridized carbons (Fsp3) is 0.276. The third kappa shape index (κ3) is 8.07. The first kappa shape index (κ1) is 26.7. The van der Waals surface area contributed by atoms with Crippen LogP contribution in [0.1, 0.15) is 17.5 Å². The minimum absolute atomic E-state index is 0.267. The summed E-state index contributed by atoms with van der Waals surface area (Å²) in [5.74, 6) is 0.693. The molecule has 1 N–H and O–H groups in total. The van der Waals surface area contributed by atoms with Gasteiger partial charge in [-0.25, -0.2) is 9.59 Å². The molecule has 0 radical (unpaired) electrons. The second-order valence-electron chi connectivity index (χ2n) is 8.76. The van der Waals surface area contributed by atoms with E-state index in [1.165, 1.54) is 0 Å². The lowest BCUT2D eigenvalue weighted by Gasteiger charge is -2.34. The molecule has 0 saturated carbocycles. The third-order valence-corrected chi connectivity index (χ3v) is 6.18. The molecule has 0 bridgehead atoms. The van der Waals surface area contributed by atoms with E-state index in [9.17, 15) is 9.59 Å². The summed E-state index contributed by atoms with van der Waals surface area (Å²) < 4.78 is 10.6. The standard InChI is InChI=1S/C29H32N4O5/c1-36-26-14-12-25(13-15-26)30-28(34)38-31-27(24-10-6-3-7-11-24)16-17-32-18-20-33(21-19-32)29(35)37-22-23-8-4-2-5-9-23/h2-15H,16-22H2,1H3,(H,30,34)/b31-27-. The van der Waals surface area contributed by atoms with Crippen molar-refractivity contribution < 1.29 is 23.9 Å². The summed E-state index contributed by atoms with van der Waals surface area (Å²) >= 11 is 0. The molecule has 1 heterocycles. The molecule has 1 fully saturated rings. The van der Waals surface area contributed by atoms with Crippen molar-refractivity contribution in [3.8, 4) is 5.75 Å². The van der Waals surface area contributed by atoms with Crippen LogP contribution in [0.5, 0.6) is 5.75 Å². The van der Waals surface area contributed by atoms with Crippen molar-refractivity contribution in [3.63, 3.8) is 0 Å². The zero-order chi connectivity index (χ0) is 26.6. The second-order valence-corrected chi connectivity index (χ2v) is 8.76. The first-order chi connectivity index (χ1) is 18.6. The lowest BCUT2D eigenvalue weighted by molar-refractivity contribution is 0.0722. The topological polar surface area (TPSA) is 92.7 Å². The molecule has 0 spiro atoms. The summed E-state index contributed by atoms with van der Waals surface area (Å²) in [5.41, 5.74) is 3.09. The number of carbonyl (C=O) groups is 2. The quantitative estimate of drug-likeness (QED) is 0.245. The molecule has 0 aromatic heterocycles. The predicted octanol–water partition coefficient (Wildman–Crippen LogP) is 4.99. The van der Waals surface area contributed by atoms with Crippen LogP contribution < -0.4 is 10.1 Å². The van der Waals surface area contributed by atoms with Gasteiger partial charge in [0.15, 0.2) is 0 Å². The Labute approximate surface area is 222 Å². The molecule has 3 aromatic carbocycles. The maximum absolute atomic E-state index is 12.4. The molecule has 1 aliphatic rings. The zero-order valence-corrected chi connectivity index (χ0v) is 21.4. The molecule has 198 valence electrons. The number of benzene rings is 3. The van der Waals surface area contributed by atoms with Crippen LogP contribution >= 0.6 is 0 Å². The van der Waals surface area contributed by atoms with Crippen LogP contribution in [0.25, 0.3) is 0 Å². The van der Waals surface area contributed by atoms with Gasteiger partial charge in [-0.1, -0.05) is 65.8 Å². The van der Waals surface area contributed by atoms with Crippen LogP contribution in [0.15, 0.2) is 90.1 Å². The van der Waals surface area contributed by atoms with Gasteiger partial charge >= 0.3 is 12.2 Å². The van der Waals surface area contributed by atoms with E-state index >= 15 is 0 Å². The zero-order valence-electron chi connectivity index (χ0n) is 21.4. The molecule has 0 atom stereocenters. The number of methoxy groups -OCH3 is 1. The number of ether oxygens (including phenoxy) is 2. The highest BCUT2D eigenvalue weighted by Gasteiger charge is 2.22. The first-order valence-corrected chi connectivity index (χ1v) is 12.5. The van der Waals surface area contributed by atoms with Gasteiger partial charge in [0.25, 0.3) is 0 Å². The fourth-order valence-corrected chi connectivity index (χ4v) is 4.01. The van der Waals surface area contributed by atoms with Gasteiger partial charge in [0.1, 0.15) is 12.4 Å². The van der Waals surface area contributed by atoms with Crippen LogP contribution in [-0.4, -0.2) is 67.5 Å². The molecule has 9 nitrogen and oxygen atoms in total. The van der Waals surface area contributed by atoms with Gasteiger partial charge in [0, 0.05) is 44.8 Å². The summed E-state index contributed by atoms with van der Waals surface area (Å²) in [5, 5.41) is 6.83. The number of carbonyl (C=O) groups excluding carboxylic acids is 2. The summed E-state index contributed by atoms with van der Waals surface area (Å²) in [6.07, 6.45) is -0.388. The predicted molar refractivity (Wildman–Crippen MR) is 145 cm³/mol. The molecule has 0 aliphatic carbocycles. The minimum Gasteiger partial charge on any atom is -0.497 e. The number of hydrogen-bond acceptors (Lipinski definition) is 7. The molecule has 38 heavy (non-hydrogen) atoms. The molecule has 1 aliphatic heterocycles. The van der Waals surface area contributed by atoms with Crippen molar-refractivity contribution in [3.05, 3.63) is 96.1 Å². The Morgan fingerprint density at radius 1 is 0.868 bits per heavy atom. The van der Waals surface area contributed by atoms with Crippen molar-refractivity contribution >= 4 is 23.6 Å². The molecule has 1 saturated heterocycles. The maximum atomic E-state index is 12.4. The van der Waals surface area contributed by atoms with E-state index in [0.717, 1.165) is 24.2 Å². The van der Waals surface area contributed by atoms with Crippen LogP contribution in [-0.2, 0) is 16.2 Å². The van der Waals surface area contributed by atoms with E-state index in [0.29, 0.717) is 43.2 Å². The number of nitrogens with zero attached hydrogens (tertiary/aromatic N) is 3. The van der Waals surface area contributed by atoms with Gasteiger partial charge in [0.05, 0.1) is 12.8 Å². The van der Waals surface area contributed by atoms with Crippen molar-refractivity contribution in [2.75, 3.05) is 45.2 Å². The average molecular weight is 517 g/mol. The Morgan fingerprint density at radius 2 is 1.53 bits per heavy atom. The Morgan fingerprint density at radius 3 is 2.18 bits per heavy atom. The highest BCUT2D eigenvalue weighted by atomic mass is 16.7. The lowest BCUT2D eigenvalue weighted by Crippen LogP contribution is -2.49. The van der Waals surface area contributed by atoms with E-state index in [1.54, 1.807) is 36.3 Å². The van der Waals surface area contributed by atoms with E-state index in [1.807, 2.05) is 60.7 Å². The average Bonchev–Trinajstić information content (AvgIpc) is 2.97. The number of nitrogens with one attached hydrogen (secondary N) is 1. The second kappa shape index (κ2) is 13.8. The van der Waals surface area contributed by atoms with Crippen LogP contribution in [0.3, 0.4) is 0 Å². The Kier molecular flexibility index (Phi) is 9.69. The van der Waals surface area contributed by atoms with E-state index in [4.69, 9.17) is 14.3 Å². The molecule has 3 aromatic rings. The first-order valence-electron chi connectivity index (χ1n) is 12.5. The van der Waals surface area contributed by atoms with Gasteiger partial charge in [-0.15, -0.1) is 0 Å². The molecular formula is C29H32N4O5. The molecule has 0 unspecified atom stereocenters. The summed E-state index contributed by atoms with van der Waals surface area (Å²) in [6.45, 7) is 3.61. The summed E-state index contributed by atoms with van der Waals surface area (Å²) in [6, 6.07) is 26.2. The lowest BCUT2D eigenvalue weighted by atomic mass is 10.1. The Balaban J connectivity index is 1.26. The molecule has 2 amide bonds. The van der Waals surface area contributed by atoms with E-state index < -0.39 is 6.09 Å². The van der Waals surface area contributed by atoms with Crippen LogP contribution in [0.4, 0.5) is 15.3 Å². The number of anilines is 1. The van der Waals surface area contributed by atoms with Gasteiger partial charge < -0.3 is 14.4 Å². The SMILES string of the molecule is COc1ccc(NC(=O)O/N=C(/CCN2CCN(C(=O)OCc3ccccc3)CC2)c2ccccc2)cc1. The van der Waals surface area contributed by atoms with Crippen LogP contribution in [0.2, 0.25) is 0 Å². The minimum atomic E-state index is -0.675. The van der Waals surface area contributed by atoms with Crippen molar-refractivity contribution in [1.82, 2.24) is 9.80 Å². The highest BCUT2D eigenvalue weighted by Crippen LogP contribution is 2.15. The maximum Gasteiger partial charge on any atom is 0.437 e. The fourth-order valence-electron chi connectivity index (χ4n) is 4.01. The van der Waals surface area contributed by atoms with Gasteiger partial charge in [-0.2, -0.15) is 0 Å². The molecule has 9 heteroatoms. The third-order valence-electron chi connectivity index (χ3n) is 6.18. The number of oxime groups is 1. The van der Waals surface area contributed by atoms with E-state index in [2.05, 4.69) is 15.4 Å². The number of rotatable bonds is 9. The smallest absolute Gasteiger partial charge is 0.437 e. The normalized spacial score (nSPS) is 14.0. The van der Waals surface area contributed by atoms with Crippen LogP contribution in [0, 0.1) is 0 Å². The van der Waals surface area contributed by atoms with Crippen molar-refractivity contribution in [2.45, 2.75) is 13.0 Å². The largest absolute Gasteiger partial charge is 0.497 e. The van der Waals surface area contributed by atoms with E-state index in [-0.39, 0.29) is 12.7 Å². The highest BCUT2D eigenvalue weighted by molar-refractivity contribution is 6.00.